The largest absolute Gasteiger partial charge is 0.383 e. The van der Waals surface area contributed by atoms with Crippen LogP contribution in [0.25, 0.3) is 0 Å². The highest BCUT2D eigenvalue weighted by Crippen LogP contribution is 1.88. The van der Waals surface area contributed by atoms with Gasteiger partial charge in [0.1, 0.15) is 0 Å². The molecule has 0 amide bonds. The number of ether oxygens (including phenoxy) is 1. The lowest BCUT2D eigenvalue weighted by molar-refractivity contribution is 0.151. The van der Waals surface area contributed by atoms with E-state index in [2.05, 4.69) is 24.9 Å². The van der Waals surface area contributed by atoms with Crippen molar-refractivity contribution in [2.75, 3.05) is 19.8 Å². The molecule has 0 aliphatic heterocycles. The molecular formula is C10H19NO. The topological polar surface area (TPSA) is 21.3 Å². The molecule has 0 atom stereocenters. The van der Waals surface area contributed by atoms with Crippen molar-refractivity contribution in [3.05, 3.63) is 24.4 Å². The molecule has 1 N–H and O–H groups in total. The molecule has 12 heavy (non-hydrogen) atoms. The van der Waals surface area contributed by atoms with Gasteiger partial charge in [0.2, 0.25) is 0 Å². The Morgan fingerprint density at radius 1 is 1.50 bits per heavy atom. The van der Waals surface area contributed by atoms with Crippen molar-refractivity contribution in [2.45, 2.75) is 20.3 Å². The highest BCUT2D eigenvalue weighted by Gasteiger charge is 1.86. The summed E-state index contributed by atoms with van der Waals surface area (Å²) in [6.07, 6.45) is 5.12. The second kappa shape index (κ2) is 8.34. The molecule has 0 saturated carbocycles. The molecule has 0 spiro atoms. The first-order valence-corrected chi connectivity index (χ1v) is 4.48. The van der Waals surface area contributed by atoms with Gasteiger partial charge in [-0.3, -0.25) is 0 Å². The highest BCUT2D eigenvalue weighted by molar-refractivity contribution is 5.11. The standard InChI is InChI=1S/C10H19NO/c1-4-6-7-10(3)11-8-9-12-5-2/h6-7,11H,3-5,8-9H2,1-2H3/b7-6-. The van der Waals surface area contributed by atoms with Crippen LogP contribution < -0.4 is 5.32 Å². The van der Waals surface area contributed by atoms with Crippen LogP contribution in [0.3, 0.4) is 0 Å². The van der Waals surface area contributed by atoms with Gasteiger partial charge in [-0.15, -0.1) is 0 Å². The van der Waals surface area contributed by atoms with Gasteiger partial charge in [0.25, 0.3) is 0 Å². The Labute approximate surface area is 75.3 Å². The zero-order valence-corrected chi connectivity index (χ0v) is 8.10. The average molecular weight is 169 g/mol. The van der Waals surface area contributed by atoms with E-state index in [0.717, 1.165) is 31.9 Å². The Bertz CT molecular complexity index is 141. The molecule has 0 saturated heterocycles. The lowest BCUT2D eigenvalue weighted by Gasteiger charge is -2.04. The number of hydrogen-bond donors (Lipinski definition) is 1. The summed E-state index contributed by atoms with van der Waals surface area (Å²) in [6.45, 7) is 10.3. The van der Waals surface area contributed by atoms with E-state index in [9.17, 15) is 0 Å². The first kappa shape index (κ1) is 11.2. The molecule has 0 aliphatic carbocycles. The second-order valence-electron chi connectivity index (χ2n) is 2.46. The molecule has 0 radical (unpaired) electrons. The average Bonchev–Trinajstić information content (AvgIpc) is 2.09. The van der Waals surface area contributed by atoms with Crippen molar-refractivity contribution >= 4 is 0 Å². The van der Waals surface area contributed by atoms with Gasteiger partial charge in [-0.25, -0.2) is 0 Å². The Balaban J connectivity index is 3.25. The van der Waals surface area contributed by atoms with Crippen molar-refractivity contribution < 1.29 is 4.74 Å². The lowest BCUT2D eigenvalue weighted by atomic mass is 10.3. The predicted molar refractivity (Wildman–Crippen MR) is 53.1 cm³/mol. The molecule has 0 aromatic rings. The summed E-state index contributed by atoms with van der Waals surface area (Å²) >= 11 is 0. The summed E-state index contributed by atoms with van der Waals surface area (Å²) in [6, 6.07) is 0. The van der Waals surface area contributed by atoms with Crippen LogP contribution in [0.15, 0.2) is 24.4 Å². The molecule has 0 aliphatic rings. The quantitative estimate of drug-likeness (QED) is 0.465. The number of rotatable bonds is 7. The van der Waals surface area contributed by atoms with Crippen LogP contribution in [0.1, 0.15) is 20.3 Å². The molecule has 2 heteroatoms. The van der Waals surface area contributed by atoms with E-state index >= 15 is 0 Å². The fraction of sp³-hybridized carbons (Fsp3) is 0.600. The Morgan fingerprint density at radius 3 is 2.83 bits per heavy atom. The zero-order valence-electron chi connectivity index (χ0n) is 8.10. The zero-order chi connectivity index (χ0) is 9.23. The fourth-order valence-electron chi connectivity index (χ4n) is 0.747. The van der Waals surface area contributed by atoms with E-state index in [4.69, 9.17) is 4.74 Å². The lowest BCUT2D eigenvalue weighted by Crippen LogP contribution is -2.17. The summed E-state index contributed by atoms with van der Waals surface area (Å²) in [4.78, 5) is 0. The SMILES string of the molecule is C=C(/C=C\CC)NCCOCC. The van der Waals surface area contributed by atoms with Crippen molar-refractivity contribution in [1.82, 2.24) is 5.32 Å². The predicted octanol–water partition coefficient (Wildman–Crippen LogP) is 2.09. The van der Waals surface area contributed by atoms with Gasteiger partial charge in [-0.2, -0.15) is 0 Å². The molecule has 0 bridgehead atoms. The molecule has 0 fully saturated rings. The monoisotopic (exact) mass is 169 g/mol. The molecular weight excluding hydrogens is 150 g/mol. The van der Waals surface area contributed by atoms with Crippen LogP contribution in [0.4, 0.5) is 0 Å². The van der Waals surface area contributed by atoms with Crippen LogP contribution in [0.5, 0.6) is 0 Å². The van der Waals surface area contributed by atoms with Crippen LogP contribution >= 0.6 is 0 Å². The molecule has 0 heterocycles. The molecule has 2 nitrogen and oxygen atoms in total. The number of hydrogen-bond acceptors (Lipinski definition) is 2. The third-order valence-corrected chi connectivity index (χ3v) is 1.36. The Hall–Kier alpha value is -0.760. The van der Waals surface area contributed by atoms with Crippen LogP contribution in [0, 0.1) is 0 Å². The van der Waals surface area contributed by atoms with Crippen LogP contribution in [0.2, 0.25) is 0 Å². The minimum Gasteiger partial charge on any atom is -0.383 e. The maximum atomic E-state index is 5.16. The molecule has 70 valence electrons. The van der Waals surface area contributed by atoms with Crippen LogP contribution in [-0.4, -0.2) is 19.8 Å². The van der Waals surface area contributed by atoms with E-state index in [1.165, 1.54) is 0 Å². The first-order valence-electron chi connectivity index (χ1n) is 4.48. The smallest absolute Gasteiger partial charge is 0.0638 e. The van der Waals surface area contributed by atoms with Crippen molar-refractivity contribution in [3.63, 3.8) is 0 Å². The summed E-state index contributed by atoms with van der Waals surface area (Å²) in [5.41, 5.74) is 0.955. The minimum atomic E-state index is 0.746. The van der Waals surface area contributed by atoms with E-state index < -0.39 is 0 Å². The summed E-state index contributed by atoms with van der Waals surface area (Å²) in [7, 11) is 0. The van der Waals surface area contributed by atoms with E-state index in [-0.39, 0.29) is 0 Å². The molecule has 0 aromatic heterocycles. The summed E-state index contributed by atoms with van der Waals surface area (Å²) < 4.78 is 5.16. The summed E-state index contributed by atoms with van der Waals surface area (Å²) in [5.74, 6) is 0. The minimum absolute atomic E-state index is 0.746. The van der Waals surface area contributed by atoms with E-state index in [1.54, 1.807) is 0 Å². The first-order chi connectivity index (χ1) is 5.81. The Kier molecular flexibility index (Phi) is 7.81. The number of allylic oxidation sites excluding steroid dienone is 2. The third kappa shape index (κ3) is 7.35. The number of nitrogens with one attached hydrogen (secondary N) is 1. The maximum absolute atomic E-state index is 5.16. The van der Waals surface area contributed by atoms with E-state index in [1.807, 2.05) is 13.0 Å². The summed E-state index contributed by atoms with van der Waals surface area (Å²) in [5, 5.41) is 3.15. The van der Waals surface area contributed by atoms with Gasteiger partial charge >= 0.3 is 0 Å². The highest BCUT2D eigenvalue weighted by atomic mass is 16.5. The van der Waals surface area contributed by atoms with Crippen molar-refractivity contribution in [1.29, 1.82) is 0 Å². The maximum Gasteiger partial charge on any atom is 0.0638 e. The van der Waals surface area contributed by atoms with Gasteiger partial charge < -0.3 is 10.1 Å². The van der Waals surface area contributed by atoms with E-state index in [0.29, 0.717) is 0 Å². The van der Waals surface area contributed by atoms with Crippen LogP contribution in [-0.2, 0) is 4.74 Å². The fourth-order valence-corrected chi connectivity index (χ4v) is 0.747. The molecule has 0 rings (SSSR count). The van der Waals surface area contributed by atoms with Crippen molar-refractivity contribution in [2.24, 2.45) is 0 Å². The van der Waals surface area contributed by atoms with Crippen molar-refractivity contribution in [3.8, 4) is 0 Å². The normalized spacial score (nSPS) is 10.5. The van der Waals surface area contributed by atoms with Gasteiger partial charge in [-0.1, -0.05) is 19.6 Å². The Morgan fingerprint density at radius 2 is 2.25 bits per heavy atom. The van der Waals surface area contributed by atoms with Gasteiger partial charge in [-0.05, 0) is 19.4 Å². The molecule has 0 aromatic carbocycles. The third-order valence-electron chi connectivity index (χ3n) is 1.36. The van der Waals surface area contributed by atoms with Gasteiger partial charge in [0.15, 0.2) is 0 Å². The van der Waals surface area contributed by atoms with Gasteiger partial charge in [0.05, 0.1) is 6.61 Å². The molecule has 0 unspecified atom stereocenters. The second-order valence-corrected chi connectivity index (χ2v) is 2.46. The van der Waals surface area contributed by atoms with Gasteiger partial charge in [0, 0.05) is 18.8 Å².